The number of carbonyl (C=O) groups excluding carboxylic acids is 2. The zero-order chi connectivity index (χ0) is 27.6. The number of rotatable bonds is 4. The van der Waals surface area contributed by atoms with E-state index in [1.165, 1.54) is 13.8 Å². The Hall–Kier alpha value is -3.17. The first-order valence-electron chi connectivity index (χ1n) is 13.0. The van der Waals surface area contributed by atoms with Gasteiger partial charge in [-0.25, -0.2) is 4.79 Å². The molecule has 1 aromatic carbocycles. The lowest BCUT2D eigenvalue weighted by Gasteiger charge is -2.68. The van der Waals surface area contributed by atoms with Crippen molar-refractivity contribution in [3.05, 3.63) is 59.5 Å². The summed E-state index contributed by atoms with van der Waals surface area (Å²) in [6.45, 7) is 6.29. The normalized spacial score (nSPS) is 39.7. The Morgan fingerprint density at radius 1 is 1.08 bits per heavy atom. The summed E-state index contributed by atoms with van der Waals surface area (Å²) in [5, 5.41) is 34.5. The first kappa shape index (κ1) is 26.4. The van der Waals surface area contributed by atoms with Crippen LogP contribution in [0.4, 0.5) is 0 Å². The van der Waals surface area contributed by atoms with Crippen molar-refractivity contribution in [3.63, 3.8) is 0 Å². The second kappa shape index (κ2) is 8.95. The minimum Gasteiger partial charge on any atom is -0.481 e. The van der Waals surface area contributed by atoms with Gasteiger partial charge in [0.1, 0.15) is 22.9 Å². The van der Waals surface area contributed by atoms with E-state index in [0.29, 0.717) is 6.42 Å². The number of carboxylic acid groups (broad SMARTS) is 1. The van der Waals surface area contributed by atoms with E-state index in [2.05, 4.69) is 0 Å². The number of ether oxygens (including phenoxy) is 2. The van der Waals surface area contributed by atoms with E-state index in [0.717, 1.165) is 11.3 Å². The molecule has 3 N–H and O–H groups in total. The topological polar surface area (TPSA) is 144 Å². The van der Waals surface area contributed by atoms with Gasteiger partial charge in [0.05, 0.1) is 17.9 Å². The summed E-state index contributed by atoms with van der Waals surface area (Å²) in [6, 6.07) is 10.0. The van der Waals surface area contributed by atoms with Gasteiger partial charge in [0.25, 0.3) is 0 Å². The van der Waals surface area contributed by atoms with Crippen LogP contribution in [0.2, 0.25) is 0 Å². The van der Waals surface area contributed by atoms with Crippen LogP contribution in [0.15, 0.2) is 47.1 Å². The predicted octanol–water partition coefficient (Wildman–Crippen LogP) is 3.33. The molecule has 1 heterocycles. The summed E-state index contributed by atoms with van der Waals surface area (Å²) in [6.07, 6.45) is -1.83. The van der Waals surface area contributed by atoms with Gasteiger partial charge in [0.2, 0.25) is 0 Å². The first-order chi connectivity index (χ1) is 17.9. The molecule has 0 bridgehead atoms. The maximum atomic E-state index is 13.4. The molecule has 3 aliphatic rings. The lowest BCUT2D eigenvalue weighted by Crippen LogP contribution is -2.81. The zero-order valence-corrected chi connectivity index (χ0v) is 21.9. The van der Waals surface area contributed by atoms with Crippen LogP contribution in [0.3, 0.4) is 0 Å². The van der Waals surface area contributed by atoms with E-state index in [9.17, 15) is 29.7 Å². The van der Waals surface area contributed by atoms with Crippen molar-refractivity contribution in [3.8, 4) is 0 Å². The molecule has 2 fully saturated rings. The number of aliphatic hydroxyl groups excluding tert-OH is 1. The van der Waals surface area contributed by atoms with Gasteiger partial charge in [-0.3, -0.25) is 9.59 Å². The number of benzene rings is 1. The summed E-state index contributed by atoms with van der Waals surface area (Å²) < 4.78 is 17.7. The number of esters is 2. The quantitative estimate of drug-likeness (QED) is 0.511. The Morgan fingerprint density at radius 3 is 2.39 bits per heavy atom. The van der Waals surface area contributed by atoms with Crippen LogP contribution < -0.4 is 0 Å². The number of furan rings is 1. The fourth-order valence-corrected chi connectivity index (χ4v) is 7.82. The smallest absolute Gasteiger partial charge is 0.338 e. The molecule has 9 atom stereocenters. The summed E-state index contributed by atoms with van der Waals surface area (Å²) >= 11 is 0. The van der Waals surface area contributed by atoms with Gasteiger partial charge in [-0.05, 0) is 55.4 Å². The van der Waals surface area contributed by atoms with Crippen LogP contribution in [-0.2, 0) is 25.5 Å². The molecule has 0 amide bonds. The summed E-state index contributed by atoms with van der Waals surface area (Å²) in [4.78, 5) is 38.8. The van der Waals surface area contributed by atoms with Crippen LogP contribution in [0, 0.1) is 22.7 Å². The van der Waals surface area contributed by atoms with E-state index < -0.39 is 64.5 Å². The van der Waals surface area contributed by atoms with Crippen molar-refractivity contribution < 1.29 is 43.6 Å². The molecule has 0 spiro atoms. The molecule has 5 rings (SSSR count). The van der Waals surface area contributed by atoms with Gasteiger partial charge >= 0.3 is 17.9 Å². The van der Waals surface area contributed by atoms with Crippen LogP contribution in [-0.4, -0.2) is 57.1 Å². The van der Waals surface area contributed by atoms with E-state index >= 15 is 0 Å². The molecule has 0 radical (unpaired) electrons. The molecule has 2 saturated carbocycles. The van der Waals surface area contributed by atoms with Crippen LogP contribution in [0.1, 0.15) is 68.1 Å². The minimum atomic E-state index is -2.31. The molecule has 2 aromatic rings. The standard InChI is InChI=1S/C29H34O9/c1-15-18-11-13-36-20(18)14-19-22(15)23(37-16(2)30)24(38-25(32)17-8-6-5-7-9-17)29(35)27(19,3)12-10-21(31)28(29,4)26(33)34/h5-9,11,13,15,19,21-24,31,35H,10,12,14H2,1-4H3,(H,33,34)/t15-,19-,21-,22-,23+,24+,27+,28+,29-/m0/s1. The van der Waals surface area contributed by atoms with Gasteiger partial charge in [0, 0.05) is 24.7 Å². The lowest BCUT2D eigenvalue weighted by molar-refractivity contribution is -0.328. The highest BCUT2D eigenvalue weighted by Crippen LogP contribution is 2.68. The van der Waals surface area contributed by atoms with Gasteiger partial charge in [-0.1, -0.05) is 32.0 Å². The highest BCUT2D eigenvalue weighted by Gasteiger charge is 2.79. The minimum absolute atomic E-state index is 0.127. The number of fused-ring (bicyclic) bond motifs is 4. The zero-order valence-electron chi connectivity index (χ0n) is 21.9. The third kappa shape index (κ3) is 3.41. The van der Waals surface area contributed by atoms with Crippen LogP contribution in [0.25, 0.3) is 0 Å². The Balaban J connectivity index is 1.76. The third-order valence-corrected chi connectivity index (χ3v) is 9.88. The molecule has 9 heteroatoms. The van der Waals surface area contributed by atoms with Crippen molar-refractivity contribution in [2.24, 2.45) is 22.7 Å². The number of aliphatic carboxylic acids is 1. The molecule has 204 valence electrons. The largest absolute Gasteiger partial charge is 0.481 e. The Morgan fingerprint density at radius 2 is 1.76 bits per heavy atom. The average molecular weight is 527 g/mol. The highest BCUT2D eigenvalue weighted by atomic mass is 16.6. The van der Waals surface area contributed by atoms with Gasteiger partial charge in [-0.15, -0.1) is 0 Å². The molecule has 0 unspecified atom stereocenters. The summed E-state index contributed by atoms with van der Waals surface area (Å²) in [5.74, 6) is -3.18. The molecule has 0 aliphatic heterocycles. The SMILES string of the molecule is CC(=O)O[C@@H]1[C@H]2[C@@H](C)c3ccoc3C[C@@H]2[C@@]2(C)CC[C@H](O)[C@](C)(C(=O)O)[C@]2(O)[C@@H]1OC(=O)c1ccccc1. The van der Waals surface area contributed by atoms with Gasteiger partial charge in [0.15, 0.2) is 6.10 Å². The Labute approximate surface area is 220 Å². The molecule has 0 saturated heterocycles. The van der Waals surface area contributed by atoms with Crippen molar-refractivity contribution in [2.75, 3.05) is 0 Å². The number of hydrogen-bond donors (Lipinski definition) is 3. The van der Waals surface area contributed by atoms with Crippen molar-refractivity contribution in [1.82, 2.24) is 0 Å². The Kier molecular flexibility index (Phi) is 6.23. The monoisotopic (exact) mass is 526 g/mol. The summed E-state index contributed by atoms with van der Waals surface area (Å²) in [7, 11) is 0. The number of hydrogen-bond acceptors (Lipinski definition) is 8. The summed E-state index contributed by atoms with van der Waals surface area (Å²) in [5.41, 5.74) is -4.47. The molecular formula is C29H34O9. The van der Waals surface area contributed by atoms with E-state index in [-0.39, 0.29) is 24.3 Å². The number of aliphatic hydroxyl groups is 2. The van der Waals surface area contributed by atoms with Gasteiger partial charge in [-0.2, -0.15) is 0 Å². The molecule has 1 aromatic heterocycles. The maximum Gasteiger partial charge on any atom is 0.338 e. The van der Waals surface area contributed by atoms with Crippen molar-refractivity contribution >= 4 is 17.9 Å². The average Bonchev–Trinajstić information content (AvgIpc) is 3.36. The molecule has 3 aliphatic carbocycles. The fraction of sp³-hybridized carbons (Fsp3) is 0.552. The molecule has 9 nitrogen and oxygen atoms in total. The predicted molar refractivity (Wildman–Crippen MR) is 133 cm³/mol. The third-order valence-electron chi connectivity index (χ3n) is 9.88. The maximum absolute atomic E-state index is 13.4. The van der Waals surface area contributed by atoms with Gasteiger partial charge < -0.3 is 29.2 Å². The number of carboxylic acids is 1. The molecular weight excluding hydrogens is 492 g/mol. The number of carbonyl (C=O) groups is 3. The highest BCUT2D eigenvalue weighted by molar-refractivity contribution is 5.89. The van der Waals surface area contributed by atoms with E-state index in [4.69, 9.17) is 13.9 Å². The van der Waals surface area contributed by atoms with Crippen LogP contribution in [0.5, 0.6) is 0 Å². The second-order valence-corrected chi connectivity index (χ2v) is 11.5. The van der Waals surface area contributed by atoms with E-state index in [1.54, 1.807) is 43.5 Å². The molecule has 38 heavy (non-hydrogen) atoms. The van der Waals surface area contributed by atoms with Crippen LogP contribution >= 0.6 is 0 Å². The first-order valence-corrected chi connectivity index (χ1v) is 13.0. The van der Waals surface area contributed by atoms with Crippen molar-refractivity contribution in [1.29, 1.82) is 0 Å². The fourth-order valence-electron chi connectivity index (χ4n) is 7.82. The second-order valence-electron chi connectivity index (χ2n) is 11.5. The lowest BCUT2D eigenvalue weighted by atomic mass is 9.39. The van der Waals surface area contributed by atoms with E-state index in [1.807, 2.05) is 13.0 Å². The Bertz CT molecular complexity index is 1250. The van der Waals surface area contributed by atoms with Crippen molar-refractivity contribution in [2.45, 2.75) is 76.8 Å².